The third-order valence-corrected chi connectivity index (χ3v) is 4.30. The van der Waals surface area contributed by atoms with E-state index in [2.05, 4.69) is 0 Å². The molecule has 0 N–H and O–H groups in total. The SMILES string of the molecule is CCCCC(OC)(OC)SCCCC(F)(F)C(F)(F)F. The summed E-state index contributed by atoms with van der Waals surface area (Å²) in [5.41, 5.74) is 0. The van der Waals surface area contributed by atoms with E-state index in [1.165, 1.54) is 14.2 Å². The standard InChI is InChI=1S/C12H21F5O2S/c1-4-5-8-11(18-2,19-3)20-9-6-7-10(13,14)12(15,16)17/h4-9H2,1-3H3. The topological polar surface area (TPSA) is 18.5 Å². The van der Waals surface area contributed by atoms with Gasteiger partial charge in [-0.05, 0) is 18.6 Å². The summed E-state index contributed by atoms with van der Waals surface area (Å²) in [7, 11) is 2.85. The number of hydrogen-bond acceptors (Lipinski definition) is 3. The van der Waals surface area contributed by atoms with Gasteiger partial charge >= 0.3 is 12.1 Å². The highest BCUT2D eigenvalue weighted by Gasteiger charge is 2.56. The van der Waals surface area contributed by atoms with Crippen LogP contribution in [0.3, 0.4) is 0 Å². The van der Waals surface area contributed by atoms with Crippen LogP contribution in [0.1, 0.15) is 39.0 Å². The number of methoxy groups -OCH3 is 2. The molecule has 0 aliphatic rings. The van der Waals surface area contributed by atoms with Gasteiger partial charge in [-0.1, -0.05) is 25.1 Å². The molecule has 0 aromatic carbocycles. The second-order valence-electron chi connectivity index (χ2n) is 4.35. The van der Waals surface area contributed by atoms with Crippen molar-refractivity contribution in [2.24, 2.45) is 0 Å². The van der Waals surface area contributed by atoms with E-state index < -0.39 is 23.6 Å². The molecule has 0 aromatic rings. The Labute approximate surface area is 120 Å². The van der Waals surface area contributed by atoms with E-state index >= 15 is 0 Å². The molecule has 0 fully saturated rings. The third kappa shape index (κ3) is 6.13. The lowest BCUT2D eigenvalue weighted by molar-refractivity contribution is -0.284. The number of thioether (sulfide) groups is 1. The van der Waals surface area contributed by atoms with E-state index in [9.17, 15) is 22.0 Å². The zero-order valence-corrected chi connectivity index (χ0v) is 12.7. The van der Waals surface area contributed by atoms with Crippen molar-refractivity contribution in [3.05, 3.63) is 0 Å². The average molecular weight is 324 g/mol. The predicted octanol–water partition coefficient (Wildman–Crippen LogP) is 4.83. The van der Waals surface area contributed by atoms with Crippen molar-refractivity contribution in [3.63, 3.8) is 0 Å². The van der Waals surface area contributed by atoms with Gasteiger partial charge in [0, 0.05) is 27.1 Å². The second kappa shape index (κ2) is 8.38. The van der Waals surface area contributed by atoms with Gasteiger partial charge < -0.3 is 9.47 Å². The van der Waals surface area contributed by atoms with Gasteiger partial charge in [-0.3, -0.25) is 0 Å². The van der Waals surface area contributed by atoms with Gasteiger partial charge in [0.25, 0.3) is 0 Å². The molecule has 0 bridgehead atoms. The fourth-order valence-corrected chi connectivity index (χ4v) is 2.66. The first-order valence-electron chi connectivity index (χ1n) is 6.33. The van der Waals surface area contributed by atoms with E-state index in [0.717, 1.165) is 24.6 Å². The highest BCUT2D eigenvalue weighted by atomic mass is 32.2. The minimum absolute atomic E-state index is 0.108. The van der Waals surface area contributed by atoms with Crippen LogP contribution in [0.5, 0.6) is 0 Å². The van der Waals surface area contributed by atoms with Crippen molar-refractivity contribution in [1.29, 1.82) is 0 Å². The van der Waals surface area contributed by atoms with Crippen LogP contribution in [0, 0.1) is 0 Å². The summed E-state index contributed by atoms with van der Waals surface area (Å²) >= 11 is 1.12. The first kappa shape index (κ1) is 19.9. The molecule has 0 unspecified atom stereocenters. The van der Waals surface area contributed by atoms with Crippen molar-refractivity contribution in [3.8, 4) is 0 Å². The van der Waals surface area contributed by atoms with Crippen LogP contribution < -0.4 is 0 Å². The summed E-state index contributed by atoms with van der Waals surface area (Å²) in [5, 5.41) is -0.969. The van der Waals surface area contributed by atoms with E-state index in [1.807, 2.05) is 6.92 Å². The van der Waals surface area contributed by atoms with Crippen molar-refractivity contribution in [1.82, 2.24) is 0 Å². The van der Waals surface area contributed by atoms with Crippen LogP contribution in [-0.2, 0) is 9.47 Å². The molecule has 0 saturated carbocycles. The fraction of sp³-hybridized carbons (Fsp3) is 1.00. The molecule has 0 aliphatic carbocycles. The van der Waals surface area contributed by atoms with Crippen LogP contribution in [-0.4, -0.2) is 37.2 Å². The largest absolute Gasteiger partial charge is 0.453 e. The maximum atomic E-state index is 12.7. The Kier molecular flexibility index (Phi) is 8.35. The molecule has 0 amide bonds. The fourth-order valence-electron chi connectivity index (χ4n) is 1.53. The van der Waals surface area contributed by atoms with E-state index in [4.69, 9.17) is 9.47 Å². The van der Waals surface area contributed by atoms with Gasteiger partial charge in [0.15, 0.2) is 0 Å². The second-order valence-corrected chi connectivity index (χ2v) is 5.67. The first-order chi connectivity index (χ1) is 9.14. The molecule has 0 aromatic heterocycles. The van der Waals surface area contributed by atoms with Gasteiger partial charge in [0.05, 0.1) is 0 Å². The van der Waals surface area contributed by atoms with Gasteiger partial charge in [-0.15, -0.1) is 0 Å². The predicted molar refractivity (Wildman–Crippen MR) is 69.0 cm³/mol. The third-order valence-electron chi connectivity index (χ3n) is 2.83. The average Bonchev–Trinajstić information content (AvgIpc) is 2.37. The molecule has 0 saturated heterocycles. The number of hydrogen-bond donors (Lipinski definition) is 0. The Bertz CT molecular complexity index is 267. The summed E-state index contributed by atoms with van der Waals surface area (Å²) in [4.78, 5) is 0. The highest BCUT2D eigenvalue weighted by molar-refractivity contribution is 8.00. The molecule has 2 nitrogen and oxygen atoms in total. The van der Waals surface area contributed by atoms with Gasteiger partial charge in [-0.25, -0.2) is 0 Å². The van der Waals surface area contributed by atoms with E-state index in [1.54, 1.807) is 0 Å². The molecule has 20 heavy (non-hydrogen) atoms. The lowest BCUT2D eigenvalue weighted by Gasteiger charge is -2.30. The summed E-state index contributed by atoms with van der Waals surface area (Å²) in [6.07, 6.45) is -4.70. The van der Waals surface area contributed by atoms with Crippen molar-refractivity contribution in [2.45, 2.75) is 56.2 Å². The normalized spacial score (nSPS) is 13.8. The maximum Gasteiger partial charge on any atom is 0.453 e. The Morgan fingerprint density at radius 3 is 1.85 bits per heavy atom. The van der Waals surface area contributed by atoms with E-state index in [-0.39, 0.29) is 12.2 Å². The lowest BCUT2D eigenvalue weighted by atomic mass is 10.2. The summed E-state index contributed by atoms with van der Waals surface area (Å²) < 4.78 is 71.8. The number of ether oxygens (including phenoxy) is 2. The molecule has 0 aliphatic heterocycles. The first-order valence-corrected chi connectivity index (χ1v) is 7.31. The van der Waals surface area contributed by atoms with Crippen LogP contribution in [0.25, 0.3) is 0 Å². The number of rotatable bonds is 10. The summed E-state index contributed by atoms with van der Waals surface area (Å²) in [6.45, 7) is 1.98. The number of unbranched alkanes of at least 4 members (excludes halogenated alkanes) is 1. The van der Waals surface area contributed by atoms with Crippen molar-refractivity contribution in [2.75, 3.05) is 20.0 Å². The van der Waals surface area contributed by atoms with E-state index in [0.29, 0.717) is 6.42 Å². The lowest BCUT2D eigenvalue weighted by Crippen LogP contribution is -2.36. The minimum atomic E-state index is -5.49. The quantitative estimate of drug-likeness (QED) is 0.326. The molecular formula is C12H21F5O2S. The molecular weight excluding hydrogens is 303 g/mol. The monoisotopic (exact) mass is 324 g/mol. The molecule has 8 heteroatoms. The molecule has 0 heterocycles. The van der Waals surface area contributed by atoms with Crippen molar-refractivity contribution < 1.29 is 31.4 Å². The highest BCUT2D eigenvalue weighted by Crippen LogP contribution is 2.40. The number of halogens is 5. The van der Waals surface area contributed by atoms with Crippen LogP contribution >= 0.6 is 11.8 Å². The smallest absolute Gasteiger partial charge is 0.345 e. The molecule has 122 valence electrons. The Morgan fingerprint density at radius 1 is 0.900 bits per heavy atom. The Balaban J connectivity index is 4.26. The summed E-state index contributed by atoms with van der Waals surface area (Å²) in [6, 6.07) is 0. The molecule has 0 radical (unpaired) electrons. The zero-order chi connectivity index (χ0) is 15.9. The van der Waals surface area contributed by atoms with Crippen LogP contribution in [0.15, 0.2) is 0 Å². The molecule has 0 rings (SSSR count). The Morgan fingerprint density at radius 2 is 1.45 bits per heavy atom. The molecule has 0 spiro atoms. The Hall–Kier alpha value is -0.0800. The van der Waals surface area contributed by atoms with Gasteiger partial charge in [0.2, 0.25) is 5.12 Å². The number of alkyl halides is 5. The maximum absolute atomic E-state index is 12.7. The van der Waals surface area contributed by atoms with Crippen LogP contribution in [0.2, 0.25) is 0 Å². The van der Waals surface area contributed by atoms with Gasteiger partial charge in [0.1, 0.15) is 0 Å². The summed E-state index contributed by atoms with van der Waals surface area (Å²) in [5.74, 6) is -4.53. The van der Waals surface area contributed by atoms with Gasteiger partial charge in [-0.2, -0.15) is 22.0 Å². The van der Waals surface area contributed by atoms with Crippen molar-refractivity contribution >= 4 is 11.8 Å². The zero-order valence-electron chi connectivity index (χ0n) is 11.9. The molecule has 0 atom stereocenters. The van der Waals surface area contributed by atoms with Crippen LogP contribution in [0.4, 0.5) is 22.0 Å². The minimum Gasteiger partial charge on any atom is -0.345 e.